The van der Waals surface area contributed by atoms with Gasteiger partial charge in [0.15, 0.2) is 0 Å². The number of hydrogen-bond donors (Lipinski definition) is 0. The molecule has 0 aliphatic rings. The molecule has 7 aromatic carbocycles. The van der Waals surface area contributed by atoms with Gasteiger partial charge < -0.3 is 0 Å². The van der Waals surface area contributed by atoms with Crippen molar-refractivity contribution in [3.05, 3.63) is 158 Å². The summed E-state index contributed by atoms with van der Waals surface area (Å²) >= 11 is 3.78. The molecule has 0 spiro atoms. The summed E-state index contributed by atoms with van der Waals surface area (Å²) < 4.78 is 5.36. The molecule has 0 amide bonds. The summed E-state index contributed by atoms with van der Waals surface area (Å²) in [6.45, 7) is 0. The minimum Gasteiger partial charge on any atom is -0.135 e. The van der Waals surface area contributed by atoms with Crippen molar-refractivity contribution in [2.75, 3.05) is 0 Å². The van der Waals surface area contributed by atoms with Crippen LogP contribution in [-0.4, -0.2) is 0 Å². The van der Waals surface area contributed by atoms with Crippen LogP contribution in [0, 0.1) is 0 Å². The molecule has 0 N–H and O–H groups in total. The first kappa shape index (κ1) is 25.5. The smallest absolute Gasteiger partial charge is 0.0434 e. The van der Waals surface area contributed by atoms with E-state index in [-0.39, 0.29) is 0 Å². The van der Waals surface area contributed by atoms with Crippen LogP contribution in [0.2, 0.25) is 0 Å². The fraction of sp³-hybridized carbons (Fsp3) is 0. The van der Waals surface area contributed by atoms with E-state index in [0.29, 0.717) is 0 Å². The third-order valence-corrected chi connectivity index (χ3v) is 11.2. The standard InChI is InChI=1S/C42H26S2/c1-2-15-31(32-16-3-4-17-33(32)36-21-11-23-38-35-19-6-8-25-40(35)44-42(36)38)29(14-1)27-12-9-13-28(26-27)30-20-10-22-37-34-18-5-7-24-39(34)43-41(30)37/h1-26H. The Hall–Kier alpha value is -5.02. The van der Waals surface area contributed by atoms with Crippen molar-refractivity contribution in [3.63, 3.8) is 0 Å². The molecule has 0 saturated heterocycles. The van der Waals surface area contributed by atoms with Gasteiger partial charge in [-0.3, -0.25) is 0 Å². The summed E-state index contributed by atoms with van der Waals surface area (Å²) in [5, 5.41) is 5.33. The first-order valence-corrected chi connectivity index (χ1v) is 16.6. The molecule has 9 rings (SSSR count). The minimum absolute atomic E-state index is 1.23. The lowest BCUT2D eigenvalue weighted by atomic mass is 9.88. The van der Waals surface area contributed by atoms with Gasteiger partial charge in [0.2, 0.25) is 0 Å². The van der Waals surface area contributed by atoms with E-state index in [0.717, 1.165) is 0 Å². The topological polar surface area (TPSA) is 0 Å². The largest absolute Gasteiger partial charge is 0.135 e. The van der Waals surface area contributed by atoms with Crippen LogP contribution in [0.3, 0.4) is 0 Å². The average Bonchev–Trinajstić information content (AvgIpc) is 3.67. The molecule has 0 radical (unpaired) electrons. The Morgan fingerprint density at radius 3 is 1.30 bits per heavy atom. The zero-order valence-electron chi connectivity index (χ0n) is 23.8. The maximum Gasteiger partial charge on any atom is 0.0434 e. The number of fused-ring (bicyclic) bond motifs is 6. The highest BCUT2D eigenvalue weighted by Crippen LogP contribution is 2.45. The van der Waals surface area contributed by atoms with Crippen LogP contribution in [0.1, 0.15) is 0 Å². The van der Waals surface area contributed by atoms with E-state index in [1.54, 1.807) is 0 Å². The monoisotopic (exact) mass is 594 g/mol. The summed E-state index contributed by atoms with van der Waals surface area (Å²) in [7, 11) is 0. The molecule has 2 aromatic heterocycles. The molecule has 0 fully saturated rings. The molecule has 0 aliphatic heterocycles. The normalized spacial score (nSPS) is 11.6. The maximum absolute atomic E-state index is 2.37. The van der Waals surface area contributed by atoms with E-state index in [2.05, 4.69) is 158 Å². The van der Waals surface area contributed by atoms with Crippen molar-refractivity contribution in [2.45, 2.75) is 0 Å². The van der Waals surface area contributed by atoms with Gasteiger partial charge in [-0.1, -0.05) is 140 Å². The first-order chi connectivity index (χ1) is 21.8. The quantitative estimate of drug-likeness (QED) is 0.190. The molecule has 206 valence electrons. The summed E-state index contributed by atoms with van der Waals surface area (Å²) in [5.74, 6) is 0. The average molecular weight is 595 g/mol. The SMILES string of the molecule is c1cc(-c2ccccc2-c2ccccc2-c2cccc3c2sc2ccccc23)cc(-c2cccc3c2sc2ccccc23)c1. The van der Waals surface area contributed by atoms with Gasteiger partial charge in [-0.25, -0.2) is 0 Å². The van der Waals surface area contributed by atoms with Crippen molar-refractivity contribution in [2.24, 2.45) is 0 Å². The van der Waals surface area contributed by atoms with Gasteiger partial charge in [0.1, 0.15) is 0 Å². The van der Waals surface area contributed by atoms with Crippen molar-refractivity contribution in [1.82, 2.24) is 0 Å². The van der Waals surface area contributed by atoms with Gasteiger partial charge in [-0.05, 0) is 57.1 Å². The second kappa shape index (κ2) is 10.3. The second-order valence-corrected chi connectivity index (χ2v) is 13.3. The van der Waals surface area contributed by atoms with Gasteiger partial charge in [-0.2, -0.15) is 0 Å². The molecule has 44 heavy (non-hydrogen) atoms. The summed E-state index contributed by atoms with van der Waals surface area (Å²) in [6, 6.07) is 57.8. The van der Waals surface area contributed by atoms with Crippen LogP contribution in [0.15, 0.2) is 158 Å². The molecular weight excluding hydrogens is 569 g/mol. The Morgan fingerprint density at radius 2 is 0.659 bits per heavy atom. The van der Waals surface area contributed by atoms with Gasteiger partial charge >= 0.3 is 0 Å². The van der Waals surface area contributed by atoms with Crippen LogP contribution in [0.5, 0.6) is 0 Å². The zero-order valence-corrected chi connectivity index (χ0v) is 25.5. The van der Waals surface area contributed by atoms with E-state index in [1.165, 1.54) is 84.9 Å². The van der Waals surface area contributed by atoms with Crippen LogP contribution >= 0.6 is 22.7 Å². The molecule has 0 saturated carbocycles. The van der Waals surface area contributed by atoms with Gasteiger partial charge in [0, 0.05) is 45.9 Å². The Balaban J connectivity index is 1.21. The summed E-state index contributed by atoms with van der Waals surface area (Å²) in [6.07, 6.45) is 0. The Labute approximate surface area is 264 Å². The molecule has 9 aromatic rings. The van der Waals surface area contributed by atoms with E-state index in [4.69, 9.17) is 0 Å². The molecular formula is C42H26S2. The van der Waals surface area contributed by atoms with E-state index in [9.17, 15) is 0 Å². The molecule has 0 aliphatic carbocycles. The van der Waals surface area contributed by atoms with E-state index in [1.807, 2.05) is 22.7 Å². The Kier molecular flexibility index (Phi) is 5.97. The Bertz CT molecular complexity index is 2510. The van der Waals surface area contributed by atoms with E-state index < -0.39 is 0 Å². The van der Waals surface area contributed by atoms with Crippen molar-refractivity contribution in [3.8, 4) is 44.5 Å². The number of thiophene rings is 2. The Morgan fingerprint density at radius 1 is 0.273 bits per heavy atom. The summed E-state index contributed by atoms with van der Waals surface area (Å²) in [5.41, 5.74) is 10.1. The van der Waals surface area contributed by atoms with Gasteiger partial charge in [0.25, 0.3) is 0 Å². The van der Waals surface area contributed by atoms with Crippen LogP contribution in [0.4, 0.5) is 0 Å². The zero-order chi connectivity index (χ0) is 29.0. The van der Waals surface area contributed by atoms with Crippen molar-refractivity contribution in [1.29, 1.82) is 0 Å². The van der Waals surface area contributed by atoms with Crippen LogP contribution in [0.25, 0.3) is 84.9 Å². The molecule has 0 atom stereocenters. The number of hydrogen-bond acceptors (Lipinski definition) is 2. The highest BCUT2D eigenvalue weighted by molar-refractivity contribution is 7.26. The van der Waals surface area contributed by atoms with Crippen LogP contribution in [-0.2, 0) is 0 Å². The summed E-state index contributed by atoms with van der Waals surface area (Å²) in [4.78, 5) is 0. The maximum atomic E-state index is 2.37. The third-order valence-electron chi connectivity index (χ3n) is 8.73. The van der Waals surface area contributed by atoms with Crippen LogP contribution < -0.4 is 0 Å². The lowest BCUT2D eigenvalue weighted by Crippen LogP contribution is -1.90. The van der Waals surface area contributed by atoms with Crippen molar-refractivity contribution >= 4 is 63.0 Å². The lowest BCUT2D eigenvalue weighted by Gasteiger charge is -2.16. The van der Waals surface area contributed by atoms with Gasteiger partial charge in [-0.15, -0.1) is 22.7 Å². The fourth-order valence-electron chi connectivity index (χ4n) is 6.71. The van der Waals surface area contributed by atoms with Crippen molar-refractivity contribution < 1.29 is 0 Å². The molecule has 2 heterocycles. The first-order valence-electron chi connectivity index (χ1n) is 14.9. The molecule has 0 bridgehead atoms. The predicted molar refractivity (Wildman–Crippen MR) is 194 cm³/mol. The predicted octanol–water partition coefficient (Wildman–Crippen LogP) is 13.1. The highest BCUT2D eigenvalue weighted by Gasteiger charge is 2.17. The highest BCUT2D eigenvalue weighted by atomic mass is 32.1. The third kappa shape index (κ3) is 4.03. The molecule has 2 heteroatoms. The number of rotatable bonds is 4. The van der Waals surface area contributed by atoms with Gasteiger partial charge in [0.05, 0.1) is 0 Å². The fourth-order valence-corrected chi connectivity index (χ4v) is 9.18. The molecule has 0 unspecified atom stereocenters. The minimum atomic E-state index is 1.23. The molecule has 0 nitrogen and oxygen atoms in total. The lowest BCUT2D eigenvalue weighted by molar-refractivity contribution is 1.57. The van der Waals surface area contributed by atoms with E-state index >= 15 is 0 Å². The number of benzene rings is 7. The second-order valence-electron chi connectivity index (χ2n) is 11.2.